The first-order valence-corrected chi connectivity index (χ1v) is 5.26. The molecule has 0 aliphatic rings. The number of benzene rings is 1. The van der Waals surface area contributed by atoms with E-state index in [1.807, 2.05) is 0 Å². The SMILES string of the molecule is Cc1cc(C)c(-c2cc(CO)no2)c(C)c1. The third-order valence-corrected chi connectivity index (χ3v) is 2.64. The molecule has 0 radical (unpaired) electrons. The molecule has 0 aliphatic heterocycles. The smallest absolute Gasteiger partial charge is 0.167 e. The van der Waals surface area contributed by atoms with Crippen LogP contribution in [0.5, 0.6) is 0 Å². The Morgan fingerprint density at radius 2 is 1.75 bits per heavy atom. The van der Waals surface area contributed by atoms with Crippen LogP contribution in [0.1, 0.15) is 22.4 Å². The largest absolute Gasteiger partial charge is 0.390 e. The molecule has 0 saturated carbocycles. The van der Waals surface area contributed by atoms with Crippen LogP contribution in [-0.4, -0.2) is 10.3 Å². The molecule has 0 saturated heterocycles. The Morgan fingerprint density at radius 1 is 1.12 bits per heavy atom. The van der Waals surface area contributed by atoms with Crippen LogP contribution in [-0.2, 0) is 6.61 Å². The van der Waals surface area contributed by atoms with Gasteiger partial charge in [-0.15, -0.1) is 0 Å². The van der Waals surface area contributed by atoms with Crippen molar-refractivity contribution in [2.24, 2.45) is 0 Å². The van der Waals surface area contributed by atoms with E-state index in [-0.39, 0.29) is 6.61 Å². The van der Waals surface area contributed by atoms with Crippen LogP contribution in [0.2, 0.25) is 0 Å². The standard InChI is InChI=1S/C13H15NO2/c1-8-4-9(2)13(10(3)5-8)12-6-11(7-15)14-16-12/h4-6,15H,7H2,1-3H3. The third kappa shape index (κ3) is 1.86. The van der Waals surface area contributed by atoms with Crippen molar-refractivity contribution in [3.63, 3.8) is 0 Å². The molecular formula is C13H15NO2. The Hall–Kier alpha value is -1.61. The summed E-state index contributed by atoms with van der Waals surface area (Å²) in [7, 11) is 0. The van der Waals surface area contributed by atoms with Gasteiger partial charge in [-0.2, -0.15) is 0 Å². The van der Waals surface area contributed by atoms with Gasteiger partial charge in [-0.25, -0.2) is 0 Å². The molecule has 1 aromatic heterocycles. The zero-order valence-corrected chi connectivity index (χ0v) is 9.74. The summed E-state index contributed by atoms with van der Waals surface area (Å²) in [5.74, 6) is 0.721. The highest BCUT2D eigenvalue weighted by molar-refractivity contribution is 5.66. The van der Waals surface area contributed by atoms with E-state index >= 15 is 0 Å². The highest BCUT2D eigenvalue weighted by Gasteiger charge is 2.11. The normalized spacial score (nSPS) is 10.8. The van der Waals surface area contributed by atoms with Gasteiger partial charge in [0.1, 0.15) is 5.69 Å². The molecule has 0 amide bonds. The molecule has 3 nitrogen and oxygen atoms in total. The molecule has 0 bridgehead atoms. The second kappa shape index (κ2) is 4.10. The second-order valence-corrected chi connectivity index (χ2v) is 4.11. The Labute approximate surface area is 94.7 Å². The fraction of sp³-hybridized carbons (Fsp3) is 0.308. The third-order valence-electron chi connectivity index (χ3n) is 2.64. The Bertz CT molecular complexity index is 491. The Morgan fingerprint density at radius 3 is 2.25 bits per heavy atom. The van der Waals surface area contributed by atoms with E-state index in [1.165, 1.54) is 5.56 Å². The zero-order valence-electron chi connectivity index (χ0n) is 9.74. The fourth-order valence-corrected chi connectivity index (χ4v) is 2.07. The van der Waals surface area contributed by atoms with E-state index < -0.39 is 0 Å². The van der Waals surface area contributed by atoms with Gasteiger partial charge in [0.15, 0.2) is 5.76 Å². The lowest BCUT2D eigenvalue weighted by Crippen LogP contribution is -1.88. The molecular weight excluding hydrogens is 202 g/mol. The average Bonchev–Trinajstić information content (AvgIpc) is 2.64. The van der Waals surface area contributed by atoms with Crippen molar-refractivity contribution in [2.45, 2.75) is 27.4 Å². The van der Waals surface area contributed by atoms with Crippen LogP contribution in [0.3, 0.4) is 0 Å². The predicted molar refractivity (Wildman–Crippen MR) is 62.1 cm³/mol. The van der Waals surface area contributed by atoms with Crippen molar-refractivity contribution in [1.29, 1.82) is 0 Å². The molecule has 1 heterocycles. The quantitative estimate of drug-likeness (QED) is 0.841. The first kappa shape index (κ1) is 10.9. The van der Waals surface area contributed by atoms with E-state index in [2.05, 4.69) is 38.1 Å². The van der Waals surface area contributed by atoms with Crippen molar-refractivity contribution in [3.8, 4) is 11.3 Å². The summed E-state index contributed by atoms with van der Waals surface area (Å²) in [6.07, 6.45) is 0. The highest BCUT2D eigenvalue weighted by Crippen LogP contribution is 2.28. The molecule has 1 N–H and O–H groups in total. The summed E-state index contributed by atoms with van der Waals surface area (Å²) in [6.45, 7) is 6.09. The van der Waals surface area contributed by atoms with Gasteiger partial charge >= 0.3 is 0 Å². The summed E-state index contributed by atoms with van der Waals surface area (Å²) in [6, 6.07) is 6.01. The Kier molecular flexibility index (Phi) is 2.79. The first-order valence-electron chi connectivity index (χ1n) is 5.26. The van der Waals surface area contributed by atoms with Gasteiger partial charge < -0.3 is 9.63 Å². The minimum Gasteiger partial charge on any atom is -0.390 e. The van der Waals surface area contributed by atoms with E-state index in [9.17, 15) is 0 Å². The number of nitrogens with zero attached hydrogens (tertiary/aromatic N) is 1. The van der Waals surface area contributed by atoms with E-state index in [0.717, 1.165) is 22.5 Å². The number of aliphatic hydroxyl groups excluding tert-OH is 1. The molecule has 0 atom stereocenters. The summed E-state index contributed by atoms with van der Waals surface area (Å²) in [5.41, 5.74) is 5.20. The van der Waals surface area contributed by atoms with Crippen LogP contribution in [0.25, 0.3) is 11.3 Å². The molecule has 16 heavy (non-hydrogen) atoms. The zero-order chi connectivity index (χ0) is 11.7. The molecule has 0 spiro atoms. The topological polar surface area (TPSA) is 46.3 Å². The molecule has 0 unspecified atom stereocenters. The average molecular weight is 217 g/mol. The van der Waals surface area contributed by atoms with Crippen LogP contribution in [0, 0.1) is 20.8 Å². The van der Waals surface area contributed by atoms with Crippen LogP contribution >= 0.6 is 0 Å². The number of rotatable bonds is 2. The van der Waals surface area contributed by atoms with E-state index in [1.54, 1.807) is 6.07 Å². The van der Waals surface area contributed by atoms with Crippen molar-refractivity contribution in [2.75, 3.05) is 0 Å². The van der Waals surface area contributed by atoms with Gasteiger partial charge in [0.05, 0.1) is 6.61 Å². The number of aryl methyl sites for hydroxylation is 3. The number of aromatic nitrogens is 1. The van der Waals surface area contributed by atoms with Crippen LogP contribution in [0.4, 0.5) is 0 Å². The van der Waals surface area contributed by atoms with Crippen LogP contribution in [0.15, 0.2) is 22.7 Å². The molecule has 3 heteroatoms. The maximum absolute atomic E-state index is 8.96. The summed E-state index contributed by atoms with van der Waals surface area (Å²) in [4.78, 5) is 0. The Balaban J connectivity index is 2.55. The lowest BCUT2D eigenvalue weighted by Gasteiger charge is -2.07. The van der Waals surface area contributed by atoms with Crippen molar-refractivity contribution >= 4 is 0 Å². The molecule has 0 fully saturated rings. The maximum Gasteiger partial charge on any atom is 0.167 e. The summed E-state index contributed by atoms with van der Waals surface area (Å²) in [5, 5.41) is 12.7. The molecule has 1 aromatic carbocycles. The molecule has 0 aliphatic carbocycles. The van der Waals surface area contributed by atoms with E-state index in [4.69, 9.17) is 9.63 Å². The summed E-state index contributed by atoms with van der Waals surface area (Å²) < 4.78 is 5.23. The maximum atomic E-state index is 8.96. The lowest BCUT2D eigenvalue weighted by atomic mass is 9.98. The van der Waals surface area contributed by atoms with Gasteiger partial charge in [0.25, 0.3) is 0 Å². The van der Waals surface area contributed by atoms with Gasteiger partial charge in [0, 0.05) is 11.6 Å². The van der Waals surface area contributed by atoms with E-state index in [0.29, 0.717) is 5.69 Å². The van der Waals surface area contributed by atoms with Crippen LogP contribution < -0.4 is 0 Å². The van der Waals surface area contributed by atoms with Crippen molar-refractivity contribution in [3.05, 3.63) is 40.6 Å². The number of hydrogen-bond acceptors (Lipinski definition) is 3. The minimum absolute atomic E-state index is 0.0898. The second-order valence-electron chi connectivity index (χ2n) is 4.11. The lowest BCUT2D eigenvalue weighted by molar-refractivity contribution is 0.267. The minimum atomic E-state index is -0.0898. The number of aliphatic hydroxyl groups is 1. The molecule has 84 valence electrons. The van der Waals surface area contributed by atoms with Gasteiger partial charge in [0.2, 0.25) is 0 Å². The van der Waals surface area contributed by atoms with Gasteiger partial charge in [-0.3, -0.25) is 0 Å². The number of hydrogen-bond donors (Lipinski definition) is 1. The van der Waals surface area contributed by atoms with Gasteiger partial charge in [-0.05, 0) is 31.9 Å². The summed E-state index contributed by atoms with van der Waals surface area (Å²) >= 11 is 0. The fourth-order valence-electron chi connectivity index (χ4n) is 2.07. The monoisotopic (exact) mass is 217 g/mol. The highest BCUT2D eigenvalue weighted by atomic mass is 16.5. The molecule has 2 aromatic rings. The molecule has 2 rings (SSSR count). The van der Waals surface area contributed by atoms with Crippen molar-refractivity contribution in [1.82, 2.24) is 5.16 Å². The predicted octanol–water partition coefficient (Wildman–Crippen LogP) is 2.76. The first-order chi connectivity index (χ1) is 7.61. The van der Waals surface area contributed by atoms with Crippen molar-refractivity contribution < 1.29 is 9.63 Å². The van der Waals surface area contributed by atoms with Gasteiger partial charge in [-0.1, -0.05) is 22.9 Å².